The molecule has 1 aromatic heterocycles. The molecular formula is C15H15ClN4O4. The molecule has 1 aromatic carbocycles. The van der Waals surface area contributed by atoms with Gasteiger partial charge in [-0.2, -0.15) is 4.98 Å². The van der Waals surface area contributed by atoms with Gasteiger partial charge in [-0.3, -0.25) is 10.1 Å². The molecule has 2 rings (SSSR count). The van der Waals surface area contributed by atoms with Crippen LogP contribution in [-0.2, 0) is 4.74 Å². The topological polar surface area (TPSA) is 98.5 Å². The van der Waals surface area contributed by atoms with Gasteiger partial charge in [0.25, 0.3) is 0 Å². The summed E-state index contributed by atoms with van der Waals surface area (Å²) in [7, 11) is 1.55. The molecule has 0 bridgehead atoms. The van der Waals surface area contributed by atoms with Gasteiger partial charge in [-0.05, 0) is 37.6 Å². The van der Waals surface area contributed by atoms with Gasteiger partial charge in [0.15, 0.2) is 0 Å². The van der Waals surface area contributed by atoms with E-state index < -0.39 is 10.9 Å². The molecular weight excluding hydrogens is 336 g/mol. The Morgan fingerprint density at radius 3 is 2.79 bits per heavy atom. The maximum absolute atomic E-state index is 12.2. The van der Waals surface area contributed by atoms with Gasteiger partial charge in [0.05, 0.1) is 22.8 Å². The second kappa shape index (κ2) is 7.22. The molecule has 0 saturated heterocycles. The number of ether oxygens (including phenoxy) is 1. The van der Waals surface area contributed by atoms with Crippen LogP contribution in [0.3, 0.4) is 0 Å². The number of hydrogen-bond donors (Lipinski definition) is 0. The van der Waals surface area contributed by atoms with Crippen LogP contribution in [0.15, 0.2) is 24.4 Å². The molecule has 0 amide bonds. The number of hydrogen-bond acceptors (Lipinski definition) is 7. The number of anilines is 2. The second-order valence-corrected chi connectivity index (χ2v) is 5.24. The summed E-state index contributed by atoms with van der Waals surface area (Å²) in [4.78, 5) is 31.8. The van der Waals surface area contributed by atoms with Crippen molar-refractivity contribution in [2.24, 2.45) is 0 Å². The average molecular weight is 351 g/mol. The molecule has 8 nitrogen and oxygen atoms in total. The van der Waals surface area contributed by atoms with Crippen LogP contribution in [0.5, 0.6) is 0 Å². The number of nitrogens with zero attached hydrogens (tertiary/aromatic N) is 4. The van der Waals surface area contributed by atoms with Crippen LogP contribution in [0.1, 0.15) is 22.8 Å². The number of aromatic nitrogens is 2. The Hall–Kier alpha value is -2.74. The van der Waals surface area contributed by atoms with Gasteiger partial charge in [0.2, 0.25) is 11.1 Å². The van der Waals surface area contributed by atoms with E-state index in [2.05, 4.69) is 9.97 Å². The van der Waals surface area contributed by atoms with Crippen LogP contribution >= 0.6 is 11.6 Å². The predicted molar refractivity (Wildman–Crippen MR) is 88.9 cm³/mol. The zero-order valence-corrected chi connectivity index (χ0v) is 14.1. The van der Waals surface area contributed by atoms with Crippen LogP contribution < -0.4 is 4.90 Å². The molecule has 9 heteroatoms. The van der Waals surface area contributed by atoms with E-state index in [4.69, 9.17) is 16.3 Å². The average Bonchev–Trinajstić information content (AvgIpc) is 2.54. The standard InChI is InChI=1S/C15H15ClN4O4/c1-4-24-14(21)10-7-9(2)5-6-11(10)19(3)13-12(20(22)23)8-17-15(16)18-13/h5-8H,4H2,1-3H3. The van der Waals surface area contributed by atoms with Gasteiger partial charge in [-0.25, -0.2) is 9.78 Å². The van der Waals surface area contributed by atoms with Crippen LogP contribution in [0.2, 0.25) is 5.28 Å². The summed E-state index contributed by atoms with van der Waals surface area (Å²) in [5.74, 6) is -0.541. The van der Waals surface area contributed by atoms with E-state index in [1.807, 2.05) is 6.92 Å². The van der Waals surface area contributed by atoms with Crippen LogP contribution in [0, 0.1) is 17.0 Å². The van der Waals surface area contributed by atoms with Gasteiger partial charge in [0, 0.05) is 7.05 Å². The van der Waals surface area contributed by atoms with Gasteiger partial charge < -0.3 is 9.64 Å². The van der Waals surface area contributed by atoms with E-state index in [1.54, 1.807) is 32.2 Å². The Morgan fingerprint density at radius 2 is 2.17 bits per heavy atom. The maximum atomic E-state index is 12.2. The first kappa shape index (κ1) is 17.6. The molecule has 0 atom stereocenters. The quantitative estimate of drug-likeness (QED) is 0.353. The Bertz CT molecular complexity index is 797. The largest absolute Gasteiger partial charge is 0.462 e. The number of aryl methyl sites for hydroxylation is 1. The number of benzene rings is 1. The van der Waals surface area contributed by atoms with E-state index >= 15 is 0 Å². The van der Waals surface area contributed by atoms with Crippen LogP contribution in [0.4, 0.5) is 17.2 Å². The third kappa shape index (κ3) is 3.60. The molecule has 0 aliphatic heterocycles. The Balaban J connectivity index is 2.58. The third-order valence-electron chi connectivity index (χ3n) is 3.24. The van der Waals surface area contributed by atoms with Gasteiger partial charge in [0.1, 0.15) is 6.20 Å². The fourth-order valence-electron chi connectivity index (χ4n) is 2.15. The second-order valence-electron chi connectivity index (χ2n) is 4.91. The summed E-state index contributed by atoms with van der Waals surface area (Å²) in [6.07, 6.45) is 1.03. The van der Waals surface area contributed by atoms with Crippen molar-refractivity contribution in [3.63, 3.8) is 0 Å². The van der Waals surface area contributed by atoms with E-state index in [0.29, 0.717) is 5.69 Å². The molecule has 1 heterocycles. The number of carbonyl (C=O) groups is 1. The van der Waals surface area contributed by atoms with E-state index in [1.165, 1.54) is 4.90 Å². The highest BCUT2D eigenvalue weighted by atomic mass is 35.5. The molecule has 0 saturated carbocycles. The smallest absolute Gasteiger partial charge is 0.340 e. The minimum Gasteiger partial charge on any atom is -0.462 e. The summed E-state index contributed by atoms with van der Waals surface area (Å²) in [6.45, 7) is 3.75. The number of rotatable bonds is 5. The first-order chi connectivity index (χ1) is 11.3. The fraction of sp³-hybridized carbons (Fsp3) is 0.267. The fourth-order valence-corrected chi connectivity index (χ4v) is 2.28. The molecule has 0 spiro atoms. The van der Waals surface area contributed by atoms with E-state index in [0.717, 1.165) is 11.8 Å². The van der Waals surface area contributed by atoms with Gasteiger partial charge in [-0.1, -0.05) is 11.6 Å². The number of nitro groups is 1. The lowest BCUT2D eigenvalue weighted by Gasteiger charge is -2.21. The van der Waals surface area contributed by atoms with Crippen molar-refractivity contribution in [3.05, 3.63) is 50.9 Å². The van der Waals surface area contributed by atoms with E-state index in [-0.39, 0.29) is 29.0 Å². The molecule has 0 aliphatic carbocycles. The SMILES string of the molecule is CCOC(=O)c1cc(C)ccc1N(C)c1nc(Cl)ncc1[N+](=O)[O-]. The van der Waals surface area contributed by atoms with Crippen molar-refractivity contribution in [1.29, 1.82) is 0 Å². The monoisotopic (exact) mass is 350 g/mol. The maximum Gasteiger partial charge on any atom is 0.340 e. The van der Waals surface area contributed by atoms with E-state index in [9.17, 15) is 14.9 Å². The molecule has 0 radical (unpaired) electrons. The Labute approximate surface area is 143 Å². The summed E-state index contributed by atoms with van der Waals surface area (Å²) >= 11 is 5.77. The predicted octanol–water partition coefficient (Wildman–Crippen LogP) is 3.29. The molecule has 0 aliphatic rings. The molecule has 0 fully saturated rings. The van der Waals surface area contributed by atoms with Gasteiger partial charge >= 0.3 is 11.7 Å². The zero-order valence-electron chi connectivity index (χ0n) is 13.3. The summed E-state index contributed by atoms with van der Waals surface area (Å²) in [5.41, 5.74) is 1.23. The van der Waals surface area contributed by atoms with Crippen molar-refractivity contribution in [2.45, 2.75) is 13.8 Å². The van der Waals surface area contributed by atoms with Crippen molar-refractivity contribution in [3.8, 4) is 0 Å². The Kier molecular flexibility index (Phi) is 5.30. The summed E-state index contributed by atoms with van der Waals surface area (Å²) < 4.78 is 5.05. The molecule has 0 unspecified atom stereocenters. The lowest BCUT2D eigenvalue weighted by atomic mass is 10.1. The minimum absolute atomic E-state index is 0.0191. The molecule has 126 valence electrons. The minimum atomic E-state index is -0.611. The van der Waals surface area contributed by atoms with Crippen molar-refractivity contribution in [2.75, 3.05) is 18.6 Å². The molecule has 2 aromatic rings. The number of halogens is 1. The first-order valence-corrected chi connectivity index (χ1v) is 7.41. The summed E-state index contributed by atoms with van der Waals surface area (Å²) in [5, 5.41) is 11.1. The highest BCUT2D eigenvalue weighted by Gasteiger charge is 2.25. The molecule has 0 N–H and O–H groups in total. The normalized spacial score (nSPS) is 10.3. The van der Waals surface area contributed by atoms with Crippen LogP contribution in [-0.4, -0.2) is 34.5 Å². The first-order valence-electron chi connectivity index (χ1n) is 7.03. The summed E-state index contributed by atoms with van der Waals surface area (Å²) in [6, 6.07) is 5.10. The van der Waals surface area contributed by atoms with Crippen molar-refractivity contribution < 1.29 is 14.5 Å². The van der Waals surface area contributed by atoms with Gasteiger partial charge in [-0.15, -0.1) is 0 Å². The Morgan fingerprint density at radius 1 is 1.46 bits per heavy atom. The van der Waals surface area contributed by atoms with Crippen LogP contribution in [0.25, 0.3) is 0 Å². The molecule has 24 heavy (non-hydrogen) atoms. The van der Waals surface area contributed by atoms with Crippen molar-refractivity contribution >= 4 is 34.8 Å². The zero-order chi connectivity index (χ0) is 17.9. The number of esters is 1. The number of carbonyl (C=O) groups excluding carboxylic acids is 1. The third-order valence-corrected chi connectivity index (χ3v) is 3.43. The lowest BCUT2D eigenvalue weighted by Crippen LogP contribution is -2.18. The highest BCUT2D eigenvalue weighted by Crippen LogP contribution is 2.33. The van der Waals surface area contributed by atoms with Crippen molar-refractivity contribution in [1.82, 2.24) is 9.97 Å². The highest BCUT2D eigenvalue weighted by molar-refractivity contribution is 6.28. The lowest BCUT2D eigenvalue weighted by molar-refractivity contribution is -0.384.